The second-order valence-electron chi connectivity index (χ2n) is 5.08. The van der Waals surface area contributed by atoms with Crippen molar-refractivity contribution in [3.05, 3.63) is 0 Å². The van der Waals surface area contributed by atoms with Gasteiger partial charge in [0.1, 0.15) is 5.54 Å². The molecule has 3 amide bonds. The van der Waals surface area contributed by atoms with Gasteiger partial charge in [0.25, 0.3) is 5.91 Å². The summed E-state index contributed by atoms with van der Waals surface area (Å²) in [5.41, 5.74) is -0.802. The van der Waals surface area contributed by atoms with Gasteiger partial charge in [-0.05, 0) is 26.8 Å². The lowest BCUT2D eigenvalue weighted by Crippen LogP contribution is -2.42. The Kier molecular flexibility index (Phi) is 5.10. The first kappa shape index (κ1) is 14.9. The van der Waals surface area contributed by atoms with Crippen LogP contribution in [-0.2, 0) is 4.79 Å². The molecule has 0 bridgehead atoms. The molecule has 6 heteroatoms. The average molecular weight is 257 g/mol. The largest absolute Gasteiger partial charge is 0.395 e. The van der Waals surface area contributed by atoms with Gasteiger partial charge in [-0.1, -0.05) is 6.92 Å². The maximum Gasteiger partial charge on any atom is 0.325 e. The van der Waals surface area contributed by atoms with Crippen molar-refractivity contribution in [2.75, 3.05) is 32.8 Å². The van der Waals surface area contributed by atoms with Crippen molar-refractivity contribution in [3.8, 4) is 0 Å². The van der Waals surface area contributed by atoms with Crippen LogP contribution in [-0.4, -0.2) is 65.2 Å². The van der Waals surface area contributed by atoms with Crippen molar-refractivity contribution in [2.24, 2.45) is 0 Å². The Hall–Kier alpha value is -1.14. The second kappa shape index (κ2) is 6.15. The Balaban J connectivity index is 2.52. The summed E-state index contributed by atoms with van der Waals surface area (Å²) in [7, 11) is 0. The molecule has 0 aliphatic carbocycles. The maximum absolute atomic E-state index is 11.9. The molecule has 1 fully saturated rings. The number of imide groups is 1. The fourth-order valence-corrected chi connectivity index (χ4v) is 2.06. The molecule has 0 unspecified atom stereocenters. The lowest BCUT2D eigenvalue weighted by Gasteiger charge is -2.23. The van der Waals surface area contributed by atoms with Crippen LogP contribution in [0.1, 0.15) is 27.2 Å². The van der Waals surface area contributed by atoms with Gasteiger partial charge >= 0.3 is 6.03 Å². The zero-order valence-corrected chi connectivity index (χ0v) is 11.4. The smallest absolute Gasteiger partial charge is 0.325 e. The first-order valence-electron chi connectivity index (χ1n) is 6.39. The van der Waals surface area contributed by atoms with Crippen LogP contribution in [0.4, 0.5) is 4.79 Å². The highest BCUT2D eigenvalue weighted by molar-refractivity contribution is 6.06. The van der Waals surface area contributed by atoms with E-state index in [1.807, 2.05) is 4.90 Å². The minimum atomic E-state index is -0.802. The topological polar surface area (TPSA) is 72.9 Å². The standard InChI is InChI=1S/C12H23N3O3/c1-4-5-14(8-9-16)6-7-15-10(17)12(2,3)13-11(15)18/h16H,4-9H2,1-3H3,(H,13,18). The van der Waals surface area contributed by atoms with E-state index in [1.54, 1.807) is 13.8 Å². The number of rotatable bonds is 7. The Morgan fingerprint density at radius 2 is 1.94 bits per heavy atom. The van der Waals surface area contributed by atoms with Crippen LogP contribution in [0.5, 0.6) is 0 Å². The minimum Gasteiger partial charge on any atom is -0.395 e. The number of carbonyl (C=O) groups is 2. The molecule has 0 aromatic rings. The molecule has 0 spiro atoms. The Morgan fingerprint density at radius 1 is 1.28 bits per heavy atom. The van der Waals surface area contributed by atoms with E-state index in [-0.39, 0.29) is 18.5 Å². The summed E-state index contributed by atoms with van der Waals surface area (Å²) in [5, 5.41) is 11.6. The van der Waals surface area contributed by atoms with Crippen LogP contribution in [0.25, 0.3) is 0 Å². The van der Waals surface area contributed by atoms with Gasteiger partial charge in [-0.25, -0.2) is 4.79 Å². The van der Waals surface area contributed by atoms with Gasteiger partial charge in [0.2, 0.25) is 0 Å². The lowest BCUT2D eigenvalue weighted by atomic mass is 10.1. The highest BCUT2D eigenvalue weighted by Crippen LogP contribution is 2.16. The molecule has 0 atom stereocenters. The fourth-order valence-electron chi connectivity index (χ4n) is 2.06. The molecule has 0 aromatic heterocycles. The van der Waals surface area contributed by atoms with E-state index >= 15 is 0 Å². The lowest BCUT2D eigenvalue weighted by molar-refractivity contribution is -0.130. The monoisotopic (exact) mass is 257 g/mol. The van der Waals surface area contributed by atoms with E-state index in [4.69, 9.17) is 5.11 Å². The zero-order chi connectivity index (χ0) is 13.8. The number of aliphatic hydroxyl groups excluding tert-OH is 1. The van der Waals surface area contributed by atoms with Crippen molar-refractivity contribution in [2.45, 2.75) is 32.7 Å². The van der Waals surface area contributed by atoms with E-state index < -0.39 is 5.54 Å². The first-order valence-corrected chi connectivity index (χ1v) is 6.39. The number of aliphatic hydroxyl groups is 1. The van der Waals surface area contributed by atoms with Crippen molar-refractivity contribution in [3.63, 3.8) is 0 Å². The van der Waals surface area contributed by atoms with Crippen LogP contribution < -0.4 is 5.32 Å². The molecule has 0 radical (unpaired) electrons. The van der Waals surface area contributed by atoms with Gasteiger partial charge in [-0.2, -0.15) is 0 Å². The summed E-state index contributed by atoms with van der Waals surface area (Å²) >= 11 is 0. The number of carbonyl (C=O) groups excluding carboxylic acids is 2. The third kappa shape index (κ3) is 3.43. The number of nitrogens with one attached hydrogen (secondary N) is 1. The SMILES string of the molecule is CCCN(CCO)CCN1C(=O)NC(C)(C)C1=O. The van der Waals surface area contributed by atoms with Gasteiger partial charge in [-0.15, -0.1) is 0 Å². The van der Waals surface area contributed by atoms with Crippen LogP contribution >= 0.6 is 0 Å². The molecule has 1 heterocycles. The third-order valence-electron chi connectivity index (χ3n) is 3.04. The molecule has 1 aliphatic heterocycles. The van der Waals surface area contributed by atoms with E-state index in [2.05, 4.69) is 12.2 Å². The summed E-state index contributed by atoms with van der Waals surface area (Å²) in [5.74, 6) is -0.187. The minimum absolute atomic E-state index is 0.0889. The Labute approximate surface area is 108 Å². The van der Waals surface area contributed by atoms with Crippen molar-refractivity contribution in [1.82, 2.24) is 15.1 Å². The number of urea groups is 1. The average Bonchev–Trinajstić information content (AvgIpc) is 2.47. The fraction of sp³-hybridized carbons (Fsp3) is 0.833. The summed E-state index contributed by atoms with van der Waals surface area (Å²) < 4.78 is 0. The van der Waals surface area contributed by atoms with E-state index in [9.17, 15) is 9.59 Å². The van der Waals surface area contributed by atoms with Crippen molar-refractivity contribution >= 4 is 11.9 Å². The maximum atomic E-state index is 11.9. The summed E-state index contributed by atoms with van der Waals surface area (Å²) in [6.07, 6.45) is 0.978. The highest BCUT2D eigenvalue weighted by Gasteiger charge is 2.43. The van der Waals surface area contributed by atoms with Crippen molar-refractivity contribution in [1.29, 1.82) is 0 Å². The summed E-state index contributed by atoms with van der Waals surface area (Å²) in [6.45, 7) is 7.94. The Morgan fingerprint density at radius 3 is 2.39 bits per heavy atom. The van der Waals surface area contributed by atoms with Gasteiger partial charge in [0.15, 0.2) is 0 Å². The molecule has 1 aliphatic rings. The molecule has 1 saturated heterocycles. The van der Waals surface area contributed by atoms with E-state index in [0.29, 0.717) is 19.6 Å². The van der Waals surface area contributed by atoms with Crippen LogP contribution in [0, 0.1) is 0 Å². The van der Waals surface area contributed by atoms with Gasteiger partial charge in [0, 0.05) is 19.6 Å². The summed E-state index contributed by atoms with van der Waals surface area (Å²) in [4.78, 5) is 26.9. The van der Waals surface area contributed by atoms with Crippen LogP contribution in [0.2, 0.25) is 0 Å². The Bertz CT molecular complexity index is 312. The van der Waals surface area contributed by atoms with E-state index in [1.165, 1.54) is 4.90 Å². The number of nitrogens with zero attached hydrogens (tertiary/aromatic N) is 2. The third-order valence-corrected chi connectivity index (χ3v) is 3.04. The predicted molar refractivity (Wildman–Crippen MR) is 68.1 cm³/mol. The van der Waals surface area contributed by atoms with Crippen LogP contribution in [0.15, 0.2) is 0 Å². The van der Waals surface area contributed by atoms with E-state index in [0.717, 1.165) is 13.0 Å². The number of hydrogen-bond acceptors (Lipinski definition) is 4. The molecule has 18 heavy (non-hydrogen) atoms. The molecular formula is C12H23N3O3. The van der Waals surface area contributed by atoms with Gasteiger partial charge in [-0.3, -0.25) is 14.6 Å². The molecule has 1 rings (SSSR count). The predicted octanol–water partition coefficient (Wildman–Crippen LogP) is 0.0211. The zero-order valence-electron chi connectivity index (χ0n) is 11.4. The second-order valence-corrected chi connectivity index (χ2v) is 5.08. The number of hydrogen-bond donors (Lipinski definition) is 2. The van der Waals surface area contributed by atoms with Gasteiger partial charge < -0.3 is 10.4 Å². The first-order chi connectivity index (χ1) is 8.42. The van der Waals surface area contributed by atoms with Gasteiger partial charge in [0.05, 0.1) is 6.61 Å². The molecule has 104 valence electrons. The normalized spacial score (nSPS) is 18.6. The molecule has 6 nitrogen and oxygen atoms in total. The quantitative estimate of drug-likeness (QED) is 0.631. The molecule has 0 saturated carbocycles. The molecular weight excluding hydrogens is 234 g/mol. The van der Waals surface area contributed by atoms with Crippen molar-refractivity contribution < 1.29 is 14.7 Å². The molecule has 0 aromatic carbocycles. The summed E-state index contributed by atoms with van der Waals surface area (Å²) in [6, 6.07) is -0.328. The van der Waals surface area contributed by atoms with Crippen LogP contribution in [0.3, 0.4) is 0 Å². The molecule has 2 N–H and O–H groups in total. The number of amides is 3. The highest BCUT2D eigenvalue weighted by atomic mass is 16.3.